The molecule has 0 saturated carbocycles. The second-order valence-electron chi connectivity index (χ2n) is 9.61. The third-order valence-corrected chi connectivity index (χ3v) is 7.26. The molecule has 0 spiro atoms. The lowest BCUT2D eigenvalue weighted by molar-refractivity contribution is -0.136. The maximum atomic E-state index is 13.0. The largest absolute Gasteiger partial charge is 0.340 e. The third kappa shape index (κ3) is 4.25. The molecule has 1 atom stereocenters. The van der Waals surface area contributed by atoms with E-state index in [2.05, 4.69) is 37.0 Å². The first-order valence-corrected chi connectivity index (χ1v) is 12.4. The topological polar surface area (TPSA) is 111 Å². The van der Waals surface area contributed by atoms with E-state index in [1.54, 1.807) is 17.2 Å². The first kappa shape index (κ1) is 22.4. The Labute approximate surface area is 208 Å². The summed E-state index contributed by atoms with van der Waals surface area (Å²) in [5.41, 5.74) is 4.02. The number of hydrogen-bond acceptors (Lipinski definition) is 6. The van der Waals surface area contributed by atoms with Crippen LogP contribution in [0.2, 0.25) is 0 Å². The maximum absolute atomic E-state index is 13.0. The Morgan fingerprint density at radius 2 is 1.92 bits per heavy atom. The third-order valence-electron chi connectivity index (χ3n) is 7.26. The molecule has 36 heavy (non-hydrogen) atoms. The van der Waals surface area contributed by atoms with Crippen molar-refractivity contribution in [2.75, 3.05) is 13.1 Å². The summed E-state index contributed by atoms with van der Waals surface area (Å²) in [7, 11) is 0. The first-order chi connectivity index (χ1) is 17.5. The summed E-state index contributed by atoms with van der Waals surface area (Å²) in [6.45, 7) is 2.99. The zero-order chi connectivity index (χ0) is 24.6. The average molecular weight is 483 g/mol. The number of fused-ring (bicyclic) bond motifs is 2. The number of rotatable bonds is 3. The van der Waals surface area contributed by atoms with Gasteiger partial charge in [0, 0.05) is 36.2 Å². The predicted molar refractivity (Wildman–Crippen MR) is 131 cm³/mol. The van der Waals surface area contributed by atoms with E-state index in [0.29, 0.717) is 18.5 Å². The van der Waals surface area contributed by atoms with E-state index in [4.69, 9.17) is 0 Å². The van der Waals surface area contributed by atoms with Crippen LogP contribution in [0.1, 0.15) is 53.0 Å². The van der Waals surface area contributed by atoms with Crippen LogP contribution in [0.3, 0.4) is 0 Å². The molecular weight excluding hydrogens is 456 g/mol. The lowest BCUT2D eigenvalue weighted by Crippen LogP contribution is -2.52. The van der Waals surface area contributed by atoms with Crippen molar-refractivity contribution in [1.82, 2.24) is 30.1 Å². The van der Waals surface area contributed by atoms with Gasteiger partial charge >= 0.3 is 0 Å². The molecule has 0 radical (unpaired) electrons. The van der Waals surface area contributed by atoms with Crippen LogP contribution in [0.5, 0.6) is 0 Å². The van der Waals surface area contributed by atoms with Crippen LogP contribution in [0.25, 0.3) is 11.2 Å². The Kier molecular flexibility index (Phi) is 5.74. The average Bonchev–Trinajstić information content (AvgIpc) is 3.44. The number of carbonyl (C=O) groups excluding carboxylic acids is 3. The Hall–Kier alpha value is -4.03. The molecule has 1 unspecified atom stereocenters. The van der Waals surface area contributed by atoms with Gasteiger partial charge in [0.25, 0.3) is 5.91 Å². The fraction of sp³-hybridized carbons (Fsp3) is 0.370. The summed E-state index contributed by atoms with van der Waals surface area (Å²) in [5, 5.41) is 2.35. The van der Waals surface area contributed by atoms with E-state index >= 15 is 0 Å². The number of imidazole rings is 1. The maximum Gasteiger partial charge on any atom is 0.255 e. The van der Waals surface area contributed by atoms with Gasteiger partial charge in [-0.15, -0.1) is 0 Å². The number of nitrogens with one attached hydrogen (secondary N) is 2. The molecule has 3 amide bonds. The minimum atomic E-state index is -0.615. The number of imide groups is 1. The highest BCUT2D eigenvalue weighted by Crippen LogP contribution is 2.29. The van der Waals surface area contributed by atoms with Crippen LogP contribution in [-0.2, 0) is 22.7 Å². The zero-order valence-electron chi connectivity index (χ0n) is 19.8. The molecule has 3 aliphatic heterocycles. The van der Waals surface area contributed by atoms with Crippen LogP contribution in [-0.4, -0.2) is 61.6 Å². The lowest BCUT2D eigenvalue weighted by atomic mass is 9.96. The van der Waals surface area contributed by atoms with Gasteiger partial charge in [0.05, 0.1) is 12.1 Å². The zero-order valence-corrected chi connectivity index (χ0v) is 19.8. The minimum absolute atomic E-state index is 0.169. The van der Waals surface area contributed by atoms with Crippen LogP contribution < -0.4 is 5.32 Å². The highest BCUT2D eigenvalue weighted by Gasteiger charge is 2.39. The molecule has 2 N–H and O–H groups in total. The van der Waals surface area contributed by atoms with E-state index in [9.17, 15) is 14.4 Å². The standard InChI is InChI=1S/C27H26N6O3/c34-24-9-8-22(26(35)31-24)33-15-20-18(3-1-4-19(20)27(33)36)7-6-17-10-13-32(14-11-17)16-23-29-21-5-2-12-28-25(21)30-23/h1-5,12,17,22H,8-11,13-16H2,(H,28,29,30)(H,31,34,35). The van der Waals surface area contributed by atoms with Crippen LogP contribution in [0, 0.1) is 17.8 Å². The minimum Gasteiger partial charge on any atom is -0.340 e. The first-order valence-electron chi connectivity index (χ1n) is 12.4. The summed E-state index contributed by atoms with van der Waals surface area (Å²) in [6, 6.07) is 8.85. The number of aromatic nitrogens is 3. The monoisotopic (exact) mass is 482 g/mol. The number of amides is 3. The predicted octanol–water partition coefficient (Wildman–Crippen LogP) is 1.98. The molecule has 5 heterocycles. The van der Waals surface area contributed by atoms with E-state index in [1.165, 1.54) is 0 Å². The molecule has 2 saturated heterocycles. The Morgan fingerprint density at radius 1 is 1.06 bits per heavy atom. The van der Waals surface area contributed by atoms with Crippen molar-refractivity contribution in [1.29, 1.82) is 0 Å². The number of piperidine rings is 2. The Morgan fingerprint density at radius 3 is 2.72 bits per heavy atom. The van der Waals surface area contributed by atoms with Crippen molar-refractivity contribution in [2.24, 2.45) is 5.92 Å². The molecule has 3 aliphatic rings. The number of carbonyl (C=O) groups is 3. The van der Waals surface area contributed by atoms with Gasteiger partial charge < -0.3 is 9.88 Å². The summed E-state index contributed by atoms with van der Waals surface area (Å²) < 4.78 is 0. The van der Waals surface area contributed by atoms with Crippen molar-refractivity contribution >= 4 is 28.9 Å². The fourth-order valence-corrected chi connectivity index (χ4v) is 5.30. The van der Waals surface area contributed by atoms with Crippen LogP contribution in [0.4, 0.5) is 0 Å². The van der Waals surface area contributed by atoms with E-state index in [0.717, 1.165) is 60.6 Å². The van der Waals surface area contributed by atoms with Gasteiger partial charge in [0.1, 0.15) is 11.9 Å². The summed E-state index contributed by atoms with van der Waals surface area (Å²) >= 11 is 0. The van der Waals surface area contributed by atoms with Crippen molar-refractivity contribution in [3.8, 4) is 11.8 Å². The smallest absolute Gasteiger partial charge is 0.255 e. The molecule has 2 fully saturated rings. The van der Waals surface area contributed by atoms with Gasteiger partial charge in [0.2, 0.25) is 11.8 Å². The van der Waals surface area contributed by atoms with Gasteiger partial charge in [-0.05, 0) is 62.2 Å². The lowest BCUT2D eigenvalue weighted by Gasteiger charge is -2.29. The molecule has 182 valence electrons. The number of likely N-dealkylation sites (tertiary alicyclic amines) is 1. The van der Waals surface area contributed by atoms with Gasteiger partial charge in [-0.2, -0.15) is 0 Å². The number of H-pyrrole nitrogens is 1. The number of pyridine rings is 1. The molecule has 1 aromatic carbocycles. The van der Waals surface area contributed by atoms with E-state index in [-0.39, 0.29) is 24.2 Å². The normalized spacial score (nSPS) is 20.8. The molecule has 2 aromatic heterocycles. The fourth-order valence-electron chi connectivity index (χ4n) is 5.30. The molecule has 3 aromatic rings. The number of hydrogen-bond donors (Lipinski definition) is 2. The van der Waals surface area contributed by atoms with Gasteiger partial charge in [-0.3, -0.25) is 24.6 Å². The molecule has 0 aliphatic carbocycles. The van der Waals surface area contributed by atoms with Crippen LogP contribution >= 0.6 is 0 Å². The number of nitrogens with zero attached hydrogens (tertiary/aromatic N) is 4. The summed E-state index contributed by atoms with van der Waals surface area (Å²) in [4.78, 5) is 53.0. The van der Waals surface area contributed by atoms with Crippen LogP contribution in [0.15, 0.2) is 36.5 Å². The quantitative estimate of drug-likeness (QED) is 0.436. The van der Waals surface area contributed by atoms with Gasteiger partial charge in [-0.1, -0.05) is 17.9 Å². The molecule has 6 rings (SSSR count). The van der Waals surface area contributed by atoms with Gasteiger partial charge in [-0.25, -0.2) is 9.97 Å². The summed E-state index contributed by atoms with van der Waals surface area (Å²) in [6.07, 6.45) is 4.30. The van der Waals surface area contributed by atoms with Crippen molar-refractivity contribution in [3.63, 3.8) is 0 Å². The molecule has 9 nitrogen and oxygen atoms in total. The van der Waals surface area contributed by atoms with Crippen molar-refractivity contribution in [3.05, 3.63) is 59.0 Å². The highest BCUT2D eigenvalue weighted by molar-refractivity contribution is 6.05. The van der Waals surface area contributed by atoms with Crippen molar-refractivity contribution in [2.45, 2.75) is 44.8 Å². The van der Waals surface area contributed by atoms with E-state index in [1.807, 2.05) is 24.3 Å². The van der Waals surface area contributed by atoms with E-state index < -0.39 is 11.9 Å². The molecular formula is C27H26N6O3. The molecule has 9 heteroatoms. The number of aromatic amines is 1. The SMILES string of the molecule is O=C1CCC(N2Cc3c(C#CC4CCN(Cc5nc6ncccc6[nH]5)CC4)cccc3C2=O)C(=O)N1. The summed E-state index contributed by atoms with van der Waals surface area (Å²) in [5.74, 6) is 7.13. The second-order valence-corrected chi connectivity index (χ2v) is 9.61. The Bertz CT molecular complexity index is 1390. The Balaban J connectivity index is 1.10. The second kappa shape index (κ2) is 9.21. The highest BCUT2D eigenvalue weighted by atomic mass is 16.2. The van der Waals surface area contributed by atoms with Gasteiger partial charge in [0.15, 0.2) is 5.65 Å². The van der Waals surface area contributed by atoms with Crippen molar-refractivity contribution < 1.29 is 14.4 Å². The number of benzene rings is 1. The molecule has 0 bridgehead atoms.